The molecule has 2 aromatic rings. The van der Waals surface area contributed by atoms with Crippen LogP contribution in [0.4, 0.5) is 0 Å². The van der Waals surface area contributed by atoms with E-state index in [-0.39, 0.29) is 18.0 Å². The van der Waals surface area contributed by atoms with Gasteiger partial charge in [0, 0.05) is 6.54 Å². The molecular weight excluding hydrogens is 264 g/mol. The Balaban J connectivity index is 2.06. The SMILES string of the molecule is Cc1ccc2c(c1)[nH]c(=O)n2CC1CCCS1(=O)=O. The van der Waals surface area contributed by atoms with Crippen molar-refractivity contribution in [3.8, 4) is 0 Å². The molecule has 0 spiro atoms. The zero-order valence-corrected chi connectivity index (χ0v) is 11.5. The molecule has 1 N–H and O–H groups in total. The third-order valence-electron chi connectivity index (χ3n) is 3.78. The molecule has 1 aliphatic rings. The summed E-state index contributed by atoms with van der Waals surface area (Å²) < 4.78 is 25.3. The van der Waals surface area contributed by atoms with Crippen LogP contribution in [-0.4, -0.2) is 29.0 Å². The number of aromatic nitrogens is 2. The Bertz CT molecular complexity index is 786. The Morgan fingerprint density at radius 3 is 2.89 bits per heavy atom. The molecule has 19 heavy (non-hydrogen) atoms. The first-order valence-electron chi connectivity index (χ1n) is 6.38. The van der Waals surface area contributed by atoms with E-state index in [4.69, 9.17) is 0 Å². The number of fused-ring (bicyclic) bond motifs is 1. The Morgan fingerprint density at radius 1 is 1.42 bits per heavy atom. The van der Waals surface area contributed by atoms with Crippen molar-refractivity contribution in [3.63, 3.8) is 0 Å². The standard InChI is InChI=1S/C13H16N2O3S/c1-9-4-5-12-11(7-9)14-13(16)15(12)8-10-3-2-6-19(10,17)18/h4-5,7,10H,2-3,6,8H2,1H3,(H,14,16). The lowest BCUT2D eigenvalue weighted by Crippen LogP contribution is -2.27. The molecule has 1 aromatic heterocycles. The normalized spacial score (nSPS) is 22.1. The van der Waals surface area contributed by atoms with Crippen LogP contribution in [0.5, 0.6) is 0 Å². The molecule has 1 aromatic carbocycles. The number of imidazole rings is 1. The van der Waals surface area contributed by atoms with Crippen molar-refractivity contribution >= 4 is 20.9 Å². The zero-order chi connectivity index (χ0) is 13.6. The fourth-order valence-corrected chi connectivity index (χ4v) is 4.53. The summed E-state index contributed by atoms with van der Waals surface area (Å²) in [5.74, 6) is 0.244. The van der Waals surface area contributed by atoms with Crippen LogP contribution in [0.3, 0.4) is 0 Å². The molecule has 5 nitrogen and oxygen atoms in total. The summed E-state index contributed by atoms with van der Waals surface area (Å²) in [5, 5.41) is -0.425. The van der Waals surface area contributed by atoms with E-state index >= 15 is 0 Å². The van der Waals surface area contributed by atoms with Crippen molar-refractivity contribution in [2.24, 2.45) is 0 Å². The van der Waals surface area contributed by atoms with Gasteiger partial charge >= 0.3 is 5.69 Å². The number of aromatic amines is 1. The van der Waals surface area contributed by atoms with Crippen LogP contribution in [-0.2, 0) is 16.4 Å². The minimum atomic E-state index is -3.03. The highest BCUT2D eigenvalue weighted by Crippen LogP contribution is 2.22. The molecule has 0 aliphatic carbocycles. The van der Waals surface area contributed by atoms with Gasteiger partial charge in [-0.25, -0.2) is 13.2 Å². The van der Waals surface area contributed by atoms with Crippen LogP contribution in [0.25, 0.3) is 11.0 Å². The molecule has 2 heterocycles. The van der Waals surface area contributed by atoms with E-state index in [2.05, 4.69) is 4.98 Å². The van der Waals surface area contributed by atoms with Crippen molar-refractivity contribution in [1.29, 1.82) is 0 Å². The van der Waals surface area contributed by atoms with Crippen molar-refractivity contribution < 1.29 is 8.42 Å². The maximum atomic E-state index is 12.0. The lowest BCUT2D eigenvalue weighted by Gasteiger charge is -2.10. The van der Waals surface area contributed by atoms with Gasteiger partial charge in [0.2, 0.25) is 0 Å². The third kappa shape index (κ3) is 2.10. The fraction of sp³-hybridized carbons (Fsp3) is 0.462. The summed E-state index contributed by atoms with van der Waals surface area (Å²) in [5.41, 5.74) is 2.37. The maximum Gasteiger partial charge on any atom is 0.326 e. The number of sulfone groups is 1. The molecule has 0 radical (unpaired) electrons. The van der Waals surface area contributed by atoms with Gasteiger partial charge in [-0.05, 0) is 37.5 Å². The second-order valence-electron chi connectivity index (χ2n) is 5.19. The van der Waals surface area contributed by atoms with Crippen LogP contribution in [0.2, 0.25) is 0 Å². The molecule has 0 bridgehead atoms. The van der Waals surface area contributed by atoms with Crippen molar-refractivity contribution in [3.05, 3.63) is 34.2 Å². The number of aryl methyl sites for hydroxylation is 1. The largest absolute Gasteiger partial charge is 0.326 e. The Hall–Kier alpha value is -1.56. The monoisotopic (exact) mass is 280 g/mol. The smallest absolute Gasteiger partial charge is 0.306 e. The van der Waals surface area contributed by atoms with Gasteiger partial charge in [-0.1, -0.05) is 6.07 Å². The van der Waals surface area contributed by atoms with Gasteiger partial charge < -0.3 is 4.98 Å². The maximum absolute atomic E-state index is 12.0. The van der Waals surface area contributed by atoms with E-state index < -0.39 is 15.1 Å². The predicted molar refractivity (Wildman–Crippen MR) is 74.1 cm³/mol. The molecule has 3 rings (SSSR count). The summed E-state index contributed by atoms with van der Waals surface area (Å²) in [7, 11) is -3.03. The molecule has 0 amide bonds. The first-order chi connectivity index (χ1) is 8.97. The molecule has 1 atom stereocenters. The highest BCUT2D eigenvalue weighted by Gasteiger charge is 2.32. The highest BCUT2D eigenvalue weighted by molar-refractivity contribution is 7.92. The van der Waals surface area contributed by atoms with Crippen molar-refractivity contribution in [2.75, 3.05) is 5.75 Å². The second kappa shape index (κ2) is 4.23. The minimum absolute atomic E-state index is 0.234. The van der Waals surface area contributed by atoms with Gasteiger partial charge in [0.15, 0.2) is 9.84 Å². The lowest BCUT2D eigenvalue weighted by molar-refractivity contribution is 0.565. The number of nitrogens with zero attached hydrogens (tertiary/aromatic N) is 1. The number of benzene rings is 1. The first kappa shape index (κ1) is 12.5. The molecule has 102 valence electrons. The summed E-state index contributed by atoms with van der Waals surface area (Å²) >= 11 is 0. The van der Waals surface area contributed by atoms with Crippen LogP contribution in [0.15, 0.2) is 23.0 Å². The number of rotatable bonds is 2. The molecule has 1 saturated heterocycles. The van der Waals surface area contributed by atoms with Crippen LogP contribution >= 0.6 is 0 Å². The molecular formula is C13H16N2O3S. The van der Waals surface area contributed by atoms with Gasteiger partial charge in [-0.2, -0.15) is 0 Å². The summed E-state index contributed by atoms with van der Waals surface area (Å²) in [4.78, 5) is 14.7. The summed E-state index contributed by atoms with van der Waals surface area (Å²) in [6.07, 6.45) is 1.34. The van der Waals surface area contributed by atoms with Crippen LogP contribution < -0.4 is 5.69 Å². The van der Waals surface area contributed by atoms with E-state index in [1.54, 1.807) is 4.57 Å². The van der Waals surface area contributed by atoms with E-state index in [9.17, 15) is 13.2 Å². The number of H-pyrrole nitrogens is 1. The van der Waals surface area contributed by atoms with Gasteiger partial charge in [-0.15, -0.1) is 0 Å². The fourth-order valence-electron chi connectivity index (χ4n) is 2.73. The molecule has 1 fully saturated rings. The van der Waals surface area contributed by atoms with E-state index in [0.717, 1.165) is 16.6 Å². The van der Waals surface area contributed by atoms with Crippen molar-refractivity contribution in [1.82, 2.24) is 9.55 Å². The second-order valence-corrected chi connectivity index (χ2v) is 7.59. The molecule has 1 unspecified atom stereocenters. The Morgan fingerprint density at radius 2 is 2.21 bits per heavy atom. The van der Waals surface area contributed by atoms with E-state index in [0.29, 0.717) is 12.8 Å². The van der Waals surface area contributed by atoms with Crippen LogP contribution in [0.1, 0.15) is 18.4 Å². The van der Waals surface area contributed by atoms with Gasteiger partial charge in [0.25, 0.3) is 0 Å². The highest BCUT2D eigenvalue weighted by atomic mass is 32.2. The summed E-state index contributed by atoms with van der Waals surface area (Å²) in [6.45, 7) is 2.21. The predicted octanol–water partition coefficient (Wildman–Crippen LogP) is 1.22. The number of nitrogens with one attached hydrogen (secondary N) is 1. The van der Waals surface area contributed by atoms with Gasteiger partial charge in [0.05, 0.1) is 22.0 Å². The summed E-state index contributed by atoms with van der Waals surface area (Å²) in [6, 6.07) is 5.69. The molecule has 1 aliphatic heterocycles. The number of hydrogen-bond acceptors (Lipinski definition) is 3. The van der Waals surface area contributed by atoms with Crippen molar-refractivity contribution in [2.45, 2.75) is 31.6 Å². The average molecular weight is 280 g/mol. The average Bonchev–Trinajstić information content (AvgIpc) is 2.80. The molecule has 0 saturated carbocycles. The molecule has 6 heteroatoms. The minimum Gasteiger partial charge on any atom is -0.306 e. The zero-order valence-electron chi connectivity index (χ0n) is 10.7. The number of hydrogen-bond donors (Lipinski definition) is 1. The van der Waals surface area contributed by atoms with Gasteiger partial charge in [0.1, 0.15) is 0 Å². The lowest BCUT2D eigenvalue weighted by atomic mass is 10.2. The van der Waals surface area contributed by atoms with Crippen LogP contribution in [0, 0.1) is 6.92 Å². The van der Waals surface area contributed by atoms with E-state index in [1.165, 1.54) is 0 Å². The van der Waals surface area contributed by atoms with Gasteiger partial charge in [-0.3, -0.25) is 4.57 Å². The first-order valence-corrected chi connectivity index (χ1v) is 8.10. The Kier molecular flexibility index (Phi) is 2.78. The topological polar surface area (TPSA) is 71.9 Å². The van der Waals surface area contributed by atoms with E-state index in [1.807, 2.05) is 25.1 Å². The Labute approximate surface area is 111 Å². The quantitative estimate of drug-likeness (QED) is 0.899. The third-order valence-corrected chi connectivity index (χ3v) is 6.04.